The topological polar surface area (TPSA) is 40.7 Å². The predicted molar refractivity (Wildman–Crippen MR) is 79.1 cm³/mol. The van der Waals surface area contributed by atoms with Crippen molar-refractivity contribution in [1.82, 2.24) is 15.3 Å². The standard InChI is InChI=1S/C15H12FN3S/c1-17-9-14-5-4-13(20-14)3-2-12-7-10-6-11(16)8-18-15(10)19-12/h4-8,17H,9H2,1H3,(H,18,19). The number of hydrogen-bond acceptors (Lipinski definition) is 3. The van der Waals surface area contributed by atoms with Crippen LogP contribution in [0.4, 0.5) is 4.39 Å². The Labute approximate surface area is 119 Å². The van der Waals surface area contributed by atoms with Crippen molar-refractivity contribution < 1.29 is 4.39 Å². The zero-order valence-corrected chi connectivity index (χ0v) is 11.6. The molecule has 0 aliphatic heterocycles. The number of rotatable bonds is 2. The second-order valence-corrected chi connectivity index (χ2v) is 5.49. The quantitative estimate of drug-likeness (QED) is 0.711. The van der Waals surface area contributed by atoms with Gasteiger partial charge >= 0.3 is 0 Å². The van der Waals surface area contributed by atoms with Gasteiger partial charge in [-0.05, 0) is 43.2 Å². The Morgan fingerprint density at radius 3 is 3.10 bits per heavy atom. The van der Waals surface area contributed by atoms with Crippen LogP contribution in [0, 0.1) is 17.7 Å². The number of aromatic nitrogens is 2. The van der Waals surface area contributed by atoms with E-state index in [1.165, 1.54) is 17.1 Å². The normalized spacial score (nSPS) is 10.5. The van der Waals surface area contributed by atoms with Gasteiger partial charge in [-0.25, -0.2) is 9.37 Å². The average molecular weight is 285 g/mol. The largest absolute Gasteiger partial charge is 0.333 e. The van der Waals surface area contributed by atoms with Gasteiger partial charge in [-0.2, -0.15) is 0 Å². The smallest absolute Gasteiger partial charge is 0.142 e. The molecule has 0 atom stereocenters. The summed E-state index contributed by atoms with van der Waals surface area (Å²) in [5.74, 6) is 5.81. The Hall–Kier alpha value is -2.16. The average Bonchev–Trinajstić information content (AvgIpc) is 3.02. The first-order chi connectivity index (χ1) is 9.74. The first-order valence-electron chi connectivity index (χ1n) is 6.14. The monoisotopic (exact) mass is 285 g/mol. The Kier molecular flexibility index (Phi) is 3.50. The van der Waals surface area contributed by atoms with Gasteiger partial charge in [0.1, 0.15) is 11.5 Å². The summed E-state index contributed by atoms with van der Waals surface area (Å²) in [6.45, 7) is 0.849. The van der Waals surface area contributed by atoms with E-state index in [1.54, 1.807) is 17.4 Å². The number of fused-ring (bicyclic) bond motifs is 1. The fourth-order valence-corrected chi connectivity index (χ4v) is 2.77. The van der Waals surface area contributed by atoms with E-state index >= 15 is 0 Å². The third-order valence-corrected chi connectivity index (χ3v) is 3.77. The van der Waals surface area contributed by atoms with Gasteiger partial charge in [-0.1, -0.05) is 0 Å². The minimum atomic E-state index is -0.342. The van der Waals surface area contributed by atoms with Gasteiger partial charge in [-0.15, -0.1) is 11.3 Å². The van der Waals surface area contributed by atoms with Crippen LogP contribution >= 0.6 is 11.3 Å². The van der Waals surface area contributed by atoms with Crippen molar-refractivity contribution in [3.05, 3.63) is 51.7 Å². The van der Waals surface area contributed by atoms with Crippen LogP contribution in [-0.2, 0) is 6.54 Å². The molecule has 3 aromatic heterocycles. The van der Waals surface area contributed by atoms with E-state index in [-0.39, 0.29) is 5.82 Å². The van der Waals surface area contributed by atoms with Crippen LogP contribution in [0.25, 0.3) is 11.0 Å². The number of nitrogens with zero attached hydrogens (tertiary/aromatic N) is 1. The summed E-state index contributed by atoms with van der Waals surface area (Å²) in [5, 5.41) is 3.84. The van der Waals surface area contributed by atoms with Crippen LogP contribution in [0.1, 0.15) is 15.4 Å². The van der Waals surface area contributed by atoms with Gasteiger partial charge in [0.2, 0.25) is 0 Å². The molecule has 3 aromatic rings. The summed E-state index contributed by atoms with van der Waals surface area (Å²) in [6.07, 6.45) is 1.19. The van der Waals surface area contributed by atoms with E-state index in [9.17, 15) is 4.39 Å². The number of nitrogens with one attached hydrogen (secondary N) is 2. The van der Waals surface area contributed by atoms with Gasteiger partial charge in [0.05, 0.1) is 16.8 Å². The van der Waals surface area contributed by atoms with Crippen LogP contribution in [0.3, 0.4) is 0 Å². The molecule has 0 radical (unpaired) electrons. The van der Waals surface area contributed by atoms with Crippen molar-refractivity contribution in [2.45, 2.75) is 6.54 Å². The van der Waals surface area contributed by atoms with E-state index in [0.29, 0.717) is 5.65 Å². The Morgan fingerprint density at radius 2 is 2.25 bits per heavy atom. The molecule has 0 amide bonds. The van der Waals surface area contributed by atoms with Crippen molar-refractivity contribution >= 4 is 22.4 Å². The highest BCUT2D eigenvalue weighted by atomic mass is 32.1. The summed E-state index contributed by atoms with van der Waals surface area (Å²) in [4.78, 5) is 9.30. The Bertz CT molecular complexity index is 807. The first-order valence-corrected chi connectivity index (χ1v) is 6.96. The molecule has 2 N–H and O–H groups in total. The Morgan fingerprint density at radius 1 is 1.35 bits per heavy atom. The lowest BCUT2D eigenvalue weighted by molar-refractivity contribution is 0.624. The second-order valence-electron chi connectivity index (χ2n) is 4.32. The zero-order valence-electron chi connectivity index (χ0n) is 10.8. The van der Waals surface area contributed by atoms with Gasteiger partial charge in [0.25, 0.3) is 0 Å². The van der Waals surface area contributed by atoms with Crippen LogP contribution in [-0.4, -0.2) is 17.0 Å². The van der Waals surface area contributed by atoms with E-state index in [1.807, 2.05) is 13.1 Å². The molecule has 3 rings (SSSR count). The molecule has 0 aliphatic carbocycles. The van der Waals surface area contributed by atoms with Crippen LogP contribution < -0.4 is 5.32 Å². The third kappa shape index (κ3) is 2.72. The van der Waals surface area contributed by atoms with E-state index in [0.717, 1.165) is 22.5 Å². The number of aromatic amines is 1. The van der Waals surface area contributed by atoms with E-state index < -0.39 is 0 Å². The molecule has 3 heterocycles. The van der Waals surface area contributed by atoms with Gasteiger partial charge < -0.3 is 10.3 Å². The van der Waals surface area contributed by atoms with Crippen LogP contribution in [0.5, 0.6) is 0 Å². The highest BCUT2D eigenvalue weighted by Gasteiger charge is 2.01. The lowest BCUT2D eigenvalue weighted by Crippen LogP contribution is -2.02. The molecule has 0 fully saturated rings. The summed E-state index contributed by atoms with van der Waals surface area (Å²) < 4.78 is 13.1. The number of hydrogen-bond donors (Lipinski definition) is 2. The molecule has 0 spiro atoms. The molecule has 3 nitrogen and oxygen atoms in total. The highest BCUT2D eigenvalue weighted by Crippen LogP contribution is 2.16. The number of pyridine rings is 1. The molecule has 20 heavy (non-hydrogen) atoms. The molecule has 5 heteroatoms. The minimum Gasteiger partial charge on any atom is -0.333 e. The third-order valence-electron chi connectivity index (χ3n) is 2.77. The molecule has 0 saturated carbocycles. The summed E-state index contributed by atoms with van der Waals surface area (Å²) in [6, 6.07) is 7.32. The summed E-state index contributed by atoms with van der Waals surface area (Å²) >= 11 is 1.66. The SMILES string of the molecule is CNCc1ccc(C#Cc2cc3cc(F)cnc3[nH]2)s1. The van der Waals surface area contributed by atoms with Crippen molar-refractivity contribution in [1.29, 1.82) is 0 Å². The molecule has 0 aromatic carbocycles. The van der Waals surface area contributed by atoms with Crippen LogP contribution in [0.2, 0.25) is 0 Å². The molecule has 0 bridgehead atoms. The summed E-state index contributed by atoms with van der Waals surface area (Å²) in [5.41, 5.74) is 1.39. The van der Waals surface area contributed by atoms with E-state index in [2.05, 4.69) is 33.2 Å². The fraction of sp³-hybridized carbons (Fsp3) is 0.133. The lowest BCUT2D eigenvalue weighted by Gasteiger charge is -1.90. The zero-order chi connectivity index (χ0) is 13.9. The summed E-state index contributed by atoms with van der Waals surface area (Å²) in [7, 11) is 1.92. The number of thiophene rings is 1. The molecular weight excluding hydrogens is 273 g/mol. The molecular formula is C15H12FN3S. The number of H-pyrrole nitrogens is 1. The molecule has 0 aliphatic rings. The molecule has 0 unspecified atom stereocenters. The highest BCUT2D eigenvalue weighted by molar-refractivity contribution is 7.12. The molecule has 0 saturated heterocycles. The number of halogens is 1. The maximum absolute atomic E-state index is 13.1. The Balaban J connectivity index is 1.87. The maximum atomic E-state index is 13.1. The van der Waals surface area contributed by atoms with Crippen molar-refractivity contribution in [2.75, 3.05) is 7.05 Å². The van der Waals surface area contributed by atoms with Crippen molar-refractivity contribution in [3.63, 3.8) is 0 Å². The fourth-order valence-electron chi connectivity index (χ4n) is 1.90. The van der Waals surface area contributed by atoms with Gasteiger partial charge in [0.15, 0.2) is 0 Å². The maximum Gasteiger partial charge on any atom is 0.142 e. The minimum absolute atomic E-state index is 0.342. The first kappa shape index (κ1) is 12.9. The van der Waals surface area contributed by atoms with Crippen molar-refractivity contribution in [3.8, 4) is 11.8 Å². The van der Waals surface area contributed by atoms with Gasteiger partial charge in [-0.3, -0.25) is 0 Å². The van der Waals surface area contributed by atoms with E-state index in [4.69, 9.17) is 0 Å². The van der Waals surface area contributed by atoms with Crippen LogP contribution in [0.15, 0.2) is 30.5 Å². The molecule has 100 valence electrons. The van der Waals surface area contributed by atoms with Gasteiger partial charge in [0, 0.05) is 16.8 Å². The second kappa shape index (κ2) is 5.45. The van der Waals surface area contributed by atoms with Crippen molar-refractivity contribution in [2.24, 2.45) is 0 Å². The predicted octanol–water partition coefficient (Wildman–Crippen LogP) is 2.88. The lowest BCUT2D eigenvalue weighted by atomic mass is 10.3.